The van der Waals surface area contributed by atoms with Gasteiger partial charge in [0.2, 0.25) is 15.9 Å². The highest BCUT2D eigenvalue weighted by Crippen LogP contribution is 2.25. The topological polar surface area (TPSA) is 66.5 Å². The van der Waals surface area contributed by atoms with Crippen LogP contribution < -0.4 is 9.62 Å². The zero-order valence-electron chi connectivity index (χ0n) is 17.2. The van der Waals surface area contributed by atoms with Gasteiger partial charge in [0.1, 0.15) is 6.04 Å². The second kappa shape index (κ2) is 11.3. The van der Waals surface area contributed by atoms with Crippen molar-refractivity contribution in [1.29, 1.82) is 0 Å². The van der Waals surface area contributed by atoms with E-state index in [0.29, 0.717) is 40.2 Å². The Balaban J connectivity index is 1.96. The highest BCUT2D eigenvalue weighted by molar-refractivity contribution is 7.98. The third kappa shape index (κ3) is 7.08. The van der Waals surface area contributed by atoms with Gasteiger partial charge >= 0.3 is 0 Å². The summed E-state index contributed by atoms with van der Waals surface area (Å²) in [6.07, 6.45) is 1.48. The number of nitrogens with zero attached hydrogens (tertiary/aromatic N) is 1. The molecule has 2 rings (SSSR count). The minimum absolute atomic E-state index is 0.311. The van der Waals surface area contributed by atoms with E-state index >= 15 is 0 Å². The molecule has 1 amide bonds. The van der Waals surface area contributed by atoms with Gasteiger partial charge in [0, 0.05) is 28.1 Å². The molecule has 0 unspecified atom stereocenters. The Bertz CT molecular complexity index is 967. The van der Waals surface area contributed by atoms with Gasteiger partial charge in [0.25, 0.3) is 0 Å². The number of halogens is 2. The summed E-state index contributed by atoms with van der Waals surface area (Å²) in [6, 6.07) is 11.7. The molecule has 2 aromatic rings. The molecule has 30 heavy (non-hydrogen) atoms. The third-order valence-electron chi connectivity index (χ3n) is 4.44. The predicted molar refractivity (Wildman–Crippen MR) is 128 cm³/mol. The van der Waals surface area contributed by atoms with Crippen molar-refractivity contribution in [3.8, 4) is 0 Å². The monoisotopic (exact) mass is 488 g/mol. The molecule has 0 bridgehead atoms. The van der Waals surface area contributed by atoms with E-state index < -0.39 is 16.1 Å². The summed E-state index contributed by atoms with van der Waals surface area (Å²) in [4.78, 5) is 12.8. The number of thioether (sulfide) groups is 1. The Labute approximate surface area is 193 Å². The van der Waals surface area contributed by atoms with E-state index in [1.54, 1.807) is 43.0 Å². The standard InChI is InChI=1S/C21H26Cl2N2O3S2/c1-4-20(25(30(3,27)28)18-9-5-15(2)6-10-18)21(26)24-11-12-29-14-16-7-8-17(22)13-19(16)23/h5-10,13,20H,4,11-12,14H2,1-3H3,(H,24,26)/t20-/m0/s1. The number of amides is 1. The lowest BCUT2D eigenvalue weighted by Gasteiger charge is -2.30. The van der Waals surface area contributed by atoms with E-state index in [-0.39, 0.29) is 5.91 Å². The van der Waals surface area contributed by atoms with Crippen molar-refractivity contribution >= 4 is 56.6 Å². The summed E-state index contributed by atoms with van der Waals surface area (Å²) in [5.74, 6) is 1.06. The van der Waals surface area contributed by atoms with Crippen LogP contribution in [0, 0.1) is 6.92 Å². The van der Waals surface area contributed by atoms with Gasteiger partial charge in [-0.05, 0) is 43.2 Å². The Kier molecular flexibility index (Phi) is 9.34. The quantitative estimate of drug-likeness (QED) is 0.483. The summed E-state index contributed by atoms with van der Waals surface area (Å²) < 4.78 is 26.1. The molecule has 0 heterocycles. The fourth-order valence-corrected chi connectivity index (χ4v) is 5.57. The molecule has 0 saturated carbocycles. The van der Waals surface area contributed by atoms with E-state index in [0.717, 1.165) is 17.4 Å². The highest BCUT2D eigenvalue weighted by Gasteiger charge is 2.31. The van der Waals surface area contributed by atoms with Crippen LogP contribution in [-0.2, 0) is 20.6 Å². The van der Waals surface area contributed by atoms with Crippen LogP contribution in [0.1, 0.15) is 24.5 Å². The lowest BCUT2D eigenvalue weighted by molar-refractivity contribution is -0.122. The second-order valence-corrected chi connectivity index (χ2v) is 10.7. The number of anilines is 1. The van der Waals surface area contributed by atoms with Gasteiger partial charge in [-0.1, -0.05) is 53.9 Å². The Hall–Kier alpha value is -1.41. The van der Waals surface area contributed by atoms with E-state index in [9.17, 15) is 13.2 Å². The molecule has 0 saturated heterocycles. The number of nitrogens with one attached hydrogen (secondary N) is 1. The largest absolute Gasteiger partial charge is 0.353 e. The normalized spacial score (nSPS) is 12.4. The number of benzene rings is 2. The zero-order valence-corrected chi connectivity index (χ0v) is 20.3. The fraction of sp³-hybridized carbons (Fsp3) is 0.381. The van der Waals surface area contributed by atoms with Gasteiger partial charge in [0.05, 0.1) is 11.9 Å². The lowest BCUT2D eigenvalue weighted by Crippen LogP contribution is -2.49. The molecule has 0 aliphatic carbocycles. The smallest absolute Gasteiger partial charge is 0.243 e. The maximum Gasteiger partial charge on any atom is 0.243 e. The number of rotatable bonds is 10. The molecule has 1 N–H and O–H groups in total. The molecule has 164 valence electrons. The molecule has 0 aromatic heterocycles. The van der Waals surface area contributed by atoms with Crippen LogP contribution in [0.15, 0.2) is 42.5 Å². The molecule has 0 aliphatic heterocycles. The molecule has 2 aromatic carbocycles. The van der Waals surface area contributed by atoms with Crippen LogP contribution in [-0.4, -0.2) is 38.9 Å². The van der Waals surface area contributed by atoms with Crippen molar-refractivity contribution in [2.75, 3.05) is 22.9 Å². The maximum absolute atomic E-state index is 12.8. The van der Waals surface area contributed by atoms with Crippen LogP contribution >= 0.6 is 35.0 Å². The number of sulfonamides is 1. The van der Waals surface area contributed by atoms with Crippen LogP contribution in [0.25, 0.3) is 0 Å². The first-order chi connectivity index (χ1) is 14.1. The number of aryl methyl sites for hydroxylation is 1. The molecular formula is C21H26Cl2N2O3S2. The van der Waals surface area contributed by atoms with Crippen molar-refractivity contribution in [3.63, 3.8) is 0 Å². The van der Waals surface area contributed by atoms with Gasteiger partial charge in [-0.15, -0.1) is 0 Å². The summed E-state index contributed by atoms with van der Waals surface area (Å²) in [7, 11) is -3.62. The predicted octanol–water partition coefficient (Wildman–Crippen LogP) is 4.90. The van der Waals surface area contributed by atoms with Gasteiger partial charge in [-0.25, -0.2) is 8.42 Å². The first-order valence-corrected chi connectivity index (χ1v) is 13.2. The van der Waals surface area contributed by atoms with E-state index in [2.05, 4.69) is 5.32 Å². The molecule has 0 aliphatic rings. The summed E-state index contributed by atoms with van der Waals surface area (Å²) in [6.45, 7) is 4.15. The molecular weight excluding hydrogens is 463 g/mol. The molecule has 0 fully saturated rings. The molecule has 0 radical (unpaired) electrons. The first-order valence-electron chi connectivity index (χ1n) is 9.49. The number of carbonyl (C=O) groups excluding carboxylic acids is 1. The minimum Gasteiger partial charge on any atom is -0.353 e. The third-order valence-corrected chi connectivity index (χ3v) is 7.21. The first kappa shape index (κ1) is 24.9. The summed E-state index contributed by atoms with van der Waals surface area (Å²) in [5, 5.41) is 4.07. The SMILES string of the molecule is CC[C@@H](C(=O)NCCSCc1ccc(Cl)cc1Cl)N(c1ccc(C)cc1)S(C)(=O)=O. The van der Waals surface area contributed by atoms with Crippen molar-refractivity contribution in [3.05, 3.63) is 63.6 Å². The van der Waals surface area contributed by atoms with E-state index in [1.807, 2.05) is 25.1 Å². The van der Waals surface area contributed by atoms with E-state index in [4.69, 9.17) is 23.2 Å². The van der Waals surface area contributed by atoms with Gasteiger partial charge in [-0.2, -0.15) is 11.8 Å². The van der Waals surface area contributed by atoms with Crippen molar-refractivity contribution in [2.45, 2.75) is 32.1 Å². The molecule has 5 nitrogen and oxygen atoms in total. The average Bonchev–Trinajstić information content (AvgIpc) is 2.67. The average molecular weight is 489 g/mol. The van der Waals surface area contributed by atoms with Gasteiger partial charge < -0.3 is 5.32 Å². The molecule has 9 heteroatoms. The van der Waals surface area contributed by atoms with Crippen LogP contribution in [0.2, 0.25) is 10.0 Å². The highest BCUT2D eigenvalue weighted by atomic mass is 35.5. The van der Waals surface area contributed by atoms with Gasteiger partial charge in [-0.3, -0.25) is 9.10 Å². The van der Waals surface area contributed by atoms with Crippen LogP contribution in [0.3, 0.4) is 0 Å². The number of carbonyl (C=O) groups is 1. The van der Waals surface area contributed by atoms with Crippen molar-refractivity contribution < 1.29 is 13.2 Å². The van der Waals surface area contributed by atoms with Crippen molar-refractivity contribution in [1.82, 2.24) is 5.32 Å². The Morgan fingerprint density at radius 2 is 1.83 bits per heavy atom. The number of hydrogen-bond donors (Lipinski definition) is 1. The van der Waals surface area contributed by atoms with E-state index in [1.165, 1.54) is 4.31 Å². The van der Waals surface area contributed by atoms with Gasteiger partial charge in [0.15, 0.2) is 0 Å². The molecule has 1 atom stereocenters. The Morgan fingerprint density at radius 3 is 2.40 bits per heavy atom. The van der Waals surface area contributed by atoms with Crippen LogP contribution in [0.5, 0.6) is 0 Å². The summed E-state index contributed by atoms with van der Waals surface area (Å²) in [5.41, 5.74) is 2.48. The second-order valence-electron chi connectivity index (χ2n) is 6.90. The lowest BCUT2D eigenvalue weighted by atomic mass is 10.1. The Morgan fingerprint density at radius 1 is 1.17 bits per heavy atom. The maximum atomic E-state index is 12.8. The number of hydrogen-bond acceptors (Lipinski definition) is 4. The zero-order chi connectivity index (χ0) is 22.3. The van der Waals surface area contributed by atoms with Crippen LogP contribution in [0.4, 0.5) is 5.69 Å². The summed E-state index contributed by atoms with van der Waals surface area (Å²) >= 11 is 13.7. The molecule has 0 spiro atoms. The van der Waals surface area contributed by atoms with Crippen molar-refractivity contribution in [2.24, 2.45) is 0 Å². The minimum atomic E-state index is -3.62. The fourth-order valence-electron chi connectivity index (χ4n) is 2.94.